The molecule has 2 N–H and O–H groups in total. The number of nitrogens with zero attached hydrogens (tertiary/aromatic N) is 3. The molecule has 5 heteroatoms. The fraction of sp³-hybridized carbons (Fsp3) is 0.333. The van der Waals surface area contributed by atoms with Gasteiger partial charge in [-0.2, -0.15) is 10.2 Å². The van der Waals surface area contributed by atoms with Crippen molar-refractivity contribution in [3.8, 4) is 6.07 Å². The van der Waals surface area contributed by atoms with E-state index >= 15 is 0 Å². The maximum Gasteiger partial charge on any atom is 0.298 e. The van der Waals surface area contributed by atoms with Gasteiger partial charge in [-0.05, 0) is 19.1 Å². The fourth-order valence-corrected chi connectivity index (χ4v) is 1.62. The van der Waals surface area contributed by atoms with E-state index < -0.39 is 0 Å². The number of hydrogen-bond donors (Lipinski definition) is 1. The number of aromatic nitrogens is 1. The van der Waals surface area contributed by atoms with Gasteiger partial charge in [0.25, 0.3) is 6.01 Å². The second-order valence-corrected chi connectivity index (χ2v) is 4.13. The molecular formula is C12H14N4O. The molecule has 0 fully saturated rings. The maximum absolute atomic E-state index is 8.76. The summed E-state index contributed by atoms with van der Waals surface area (Å²) in [6, 6.07) is 8.03. The van der Waals surface area contributed by atoms with Gasteiger partial charge in [0, 0.05) is 25.3 Å². The minimum atomic E-state index is -0.0694. The van der Waals surface area contributed by atoms with Gasteiger partial charge >= 0.3 is 0 Å². The molecule has 0 saturated carbocycles. The molecule has 1 atom stereocenters. The summed E-state index contributed by atoms with van der Waals surface area (Å²) < 4.78 is 5.58. The SMILES string of the molecule is CC(C#N)CN(C)c1nc2ccc(N)cc2o1. The molecule has 0 aliphatic heterocycles. The second-order valence-electron chi connectivity index (χ2n) is 4.13. The maximum atomic E-state index is 8.76. The lowest BCUT2D eigenvalue weighted by Gasteiger charge is -2.14. The van der Waals surface area contributed by atoms with Gasteiger partial charge in [-0.15, -0.1) is 0 Å². The van der Waals surface area contributed by atoms with Crippen molar-refractivity contribution in [3.63, 3.8) is 0 Å². The number of nitrogen functional groups attached to an aromatic ring is 1. The molecule has 5 nitrogen and oxygen atoms in total. The number of fused-ring (bicyclic) bond motifs is 1. The Kier molecular flexibility index (Phi) is 2.88. The van der Waals surface area contributed by atoms with Crippen molar-refractivity contribution in [1.29, 1.82) is 5.26 Å². The lowest BCUT2D eigenvalue weighted by atomic mass is 10.2. The molecule has 1 aromatic carbocycles. The Morgan fingerprint density at radius 3 is 3.06 bits per heavy atom. The Balaban J connectivity index is 2.27. The third-order valence-electron chi connectivity index (χ3n) is 2.50. The normalized spacial score (nSPS) is 12.3. The van der Waals surface area contributed by atoms with Gasteiger partial charge in [0.15, 0.2) is 5.58 Å². The molecule has 1 aromatic heterocycles. The number of hydrogen-bond acceptors (Lipinski definition) is 5. The molecule has 0 spiro atoms. The Morgan fingerprint density at radius 1 is 1.59 bits per heavy atom. The lowest BCUT2D eigenvalue weighted by Crippen LogP contribution is -2.23. The van der Waals surface area contributed by atoms with E-state index in [0.717, 1.165) is 5.52 Å². The van der Waals surface area contributed by atoms with Crippen LogP contribution < -0.4 is 10.6 Å². The average molecular weight is 230 g/mol. The van der Waals surface area contributed by atoms with E-state index in [1.165, 1.54) is 0 Å². The first kappa shape index (κ1) is 11.3. The summed E-state index contributed by atoms with van der Waals surface area (Å²) in [5.74, 6) is -0.0694. The largest absolute Gasteiger partial charge is 0.423 e. The minimum Gasteiger partial charge on any atom is -0.423 e. The highest BCUT2D eigenvalue weighted by Gasteiger charge is 2.12. The first-order valence-corrected chi connectivity index (χ1v) is 5.37. The Bertz CT molecular complexity index is 569. The van der Waals surface area contributed by atoms with Crippen LogP contribution in [0.5, 0.6) is 0 Å². The van der Waals surface area contributed by atoms with Crippen LogP contribution in [0.3, 0.4) is 0 Å². The molecule has 0 saturated heterocycles. The van der Waals surface area contributed by atoms with Crippen molar-refractivity contribution in [2.75, 3.05) is 24.2 Å². The summed E-state index contributed by atoms with van der Waals surface area (Å²) in [5.41, 5.74) is 7.75. The molecule has 1 heterocycles. The van der Waals surface area contributed by atoms with E-state index in [2.05, 4.69) is 11.1 Å². The molecule has 0 amide bonds. The summed E-state index contributed by atoms with van der Waals surface area (Å²) in [6.45, 7) is 2.44. The quantitative estimate of drug-likeness (QED) is 0.816. The van der Waals surface area contributed by atoms with Gasteiger partial charge in [-0.1, -0.05) is 0 Å². The zero-order valence-electron chi connectivity index (χ0n) is 9.84. The number of nitrogens with two attached hydrogens (primary N) is 1. The van der Waals surface area contributed by atoms with E-state index in [9.17, 15) is 0 Å². The minimum absolute atomic E-state index is 0.0694. The number of anilines is 2. The van der Waals surface area contributed by atoms with Crippen molar-refractivity contribution in [2.45, 2.75) is 6.92 Å². The van der Waals surface area contributed by atoms with Crippen LogP contribution in [0.4, 0.5) is 11.7 Å². The topological polar surface area (TPSA) is 79.1 Å². The van der Waals surface area contributed by atoms with Crippen molar-refractivity contribution < 1.29 is 4.42 Å². The molecule has 2 rings (SSSR count). The van der Waals surface area contributed by atoms with Crippen LogP contribution in [0.15, 0.2) is 22.6 Å². The fourth-order valence-electron chi connectivity index (χ4n) is 1.62. The molecule has 0 bridgehead atoms. The van der Waals surface area contributed by atoms with Crippen LogP contribution in [0.25, 0.3) is 11.1 Å². The monoisotopic (exact) mass is 230 g/mol. The van der Waals surface area contributed by atoms with Crippen LogP contribution in [-0.4, -0.2) is 18.6 Å². The number of benzene rings is 1. The third-order valence-corrected chi connectivity index (χ3v) is 2.50. The predicted octanol–water partition coefficient (Wildman–Crippen LogP) is 2.01. The van der Waals surface area contributed by atoms with Gasteiger partial charge < -0.3 is 15.1 Å². The molecule has 0 aliphatic rings. The summed E-state index contributed by atoms with van der Waals surface area (Å²) in [6.07, 6.45) is 0. The predicted molar refractivity (Wildman–Crippen MR) is 66.5 cm³/mol. The standard InChI is InChI=1S/C12H14N4O/c1-8(6-13)7-16(2)12-15-10-4-3-9(14)5-11(10)17-12/h3-5,8H,7,14H2,1-2H3. The molecule has 0 radical (unpaired) electrons. The van der Waals surface area contributed by atoms with Crippen LogP contribution >= 0.6 is 0 Å². The summed E-state index contributed by atoms with van der Waals surface area (Å²) >= 11 is 0. The number of nitriles is 1. The molecule has 0 aliphatic carbocycles. The van der Waals surface area contributed by atoms with Crippen molar-refractivity contribution in [1.82, 2.24) is 4.98 Å². The molecule has 88 valence electrons. The number of rotatable bonds is 3. The smallest absolute Gasteiger partial charge is 0.298 e. The molecular weight excluding hydrogens is 216 g/mol. The molecule has 2 aromatic rings. The Hall–Kier alpha value is -2.22. The lowest BCUT2D eigenvalue weighted by molar-refractivity contribution is 0.567. The van der Waals surface area contributed by atoms with Crippen molar-refractivity contribution in [3.05, 3.63) is 18.2 Å². The van der Waals surface area contributed by atoms with E-state index in [4.69, 9.17) is 15.4 Å². The van der Waals surface area contributed by atoms with Gasteiger partial charge in [0.1, 0.15) is 5.52 Å². The van der Waals surface area contributed by atoms with Crippen LogP contribution in [0.1, 0.15) is 6.92 Å². The summed E-state index contributed by atoms with van der Waals surface area (Å²) in [4.78, 5) is 6.16. The first-order chi connectivity index (χ1) is 8.10. The van der Waals surface area contributed by atoms with E-state index in [-0.39, 0.29) is 5.92 Å². The van der Waals surface area contributed by atoms with E-state index in [1.54, 1.807) is 12.1 Å². The third kappa shape index (κ3) is 2.31. The summed E-state index contributed by atoms with van der Waals surface area (Å²) in [7, 11) is 1.85. The average Bonchev–Trinajstić information content (AvgIpc) is 2.71. The zero-order chi connectivity index (χ0) is 12.4. The van der Waals surface area contributed by atoms with Gasteiger partial charge in [0.05, 0.1) is 12.0 Å². The summed E-state index contributed by atoms with van der Waals surface area (Å²) in [5, 5.41) is 8.76. The highest BCUT2D eigenvalue weighted by molar-refractivity contribution is 5.78. The van der Waals surface area contributed by atoms with Crippen LogP contribution in [0, 0.1) is 17.2 Å². The molecule has 1 unspecified atom stereocenters. The second kappa shape index (κ2) is 4.34. The Labute approximate surface area is 99.4 Å². The van der Waals surface area contributed by atoms with Crippen LogP contribution in [-0.2, 0) is 0 Å². The van der Waals surface area contributed by atoms with Gasteiger partial charge in [-0.25, -0.2) is 0 Å². The van der Waals surface area contributed by atoms with E-state index in [1.807, 2.05) is 24.9 Å². The first-order valence-electron chi connectivity index (χ1n) is 5.37. The highest BCUT2D eigenvalue weighted by Crippen LogP contribution is 2.23. The zero-order valence-corrected chi connectivity index (χ0v) is 9.84. The highest BCUT2D eigenvalue weighted by atomic mass is 16.4. The van der Waals surface area contributed by atoms with Crippen LogP contribution in [0.2, 0.25) is 0 Å². The number of oxazole rings is 1. The Morgan fingerprint density at radius 2 is 2.35 bits per heavy atom. The van der Waals surface area contributed by atoms with Crippen molar-refractivity contribution >= 4 is 22.8 Å². The van der Waals surface area contributed by atoms with E-state index in [0.29, 0.717) is 23.8 Å². The van der Waals surface area contributed by atoms with Gasteiger partial charge in [0.2, 0.25) is 0 Å². The van der Waals surface area contributed by atoms with Crippen molar-refractivity contribution in [2.24, 2.45) is 5.92 Å². The molecule has 17 heavy (non-hydrogen) atoms. The van der Waals surface area contributed by atoms with Gasteiger partial charge in [-0.3, -0.25) is 0 Å².